The summed E-state index contributed by atoms with van der Waals surface area (Å²) >= 11 is 11.4. The van der Waals surface area contributed by atoms with Gasteiger partial charge >= 0.3 is 0 Å². The Morgan fingerprint density at radius 3 is 2.70 bits per heavy atom. The molecule has 0 bridgehead atoms. The van der Waals surface area contributed by atoms with Crippen molar-refractivity contribution in [2.75, 3.05) is 0 Å². The van der Waals surface area contributed by atoms with Crippen molar-refractivity contribution in [3.63, 3.8) is 0 Å². The van der Waals surface area contributed by atoms with Crippen LogP contribution in [0.1, 0.15) is 5.56 Å². The standard InChI is InChI=1S/C7H5BrClI/c8-4-5-1-2-6(9)7(10)3-5/h1-3H,4H2. The van der Waals surface area contributed by atoms with Crippen LogP contribution in [0.5, 0.6) is 0 Å². The van der Waals surface area contributed by atoms with E-state index in [9.17, 15) is 0 Å². The van der Waals surface area contributed by atoms with Gasteiger partial charge in [0.1, 0.15) is 0 Å². The zero-order valence-electron chi connectivity index (χ0n) is 5.07. The van der Waals surface area contributed by atoms with E-state index in [1.165, 1.54) is 5.56 Å². The number of rotatable bonds is 1. The average Bonchev–Trinajstić information content (AvgIpc) is 1.95. The first-order valence-corrected chi connectivity index (χ1v) is 5.31. The number of alkyl halides is 1. The van der Waals surface area contributed by atoms with Crippen LogP contribution in [0.15, 0.2) is 18.2 Å². The molecule has 0 heterocycles. The Hall–Kier alpha value is 0.720. The van der Waals surface area contributed by atoms with Gasteiger partial charge in [-0.3, -0.25) is 0 Å². The molecule has 1 aromatic rings. The molecular formula is C7H5BrClI. The summed E-state index contributed by atoms with van der Waals surface area (Å²) in [7, 11) is 0. The second kappa shape index (κ2) is 3.93. The molecule has 0 fully saturated rings. The molecule has 0 amide bonds. The third kappa shape index (κ3) is 2.10. The molecule has 0 aliphatic rings. The van der Waals surface area contributed by atoms with Crippen LogP contribution in [0, 0.1) is 3.57 Å². The van der Waals surface area contributed by atoms with Crippen molar-refractivity contribution in [1.29, 1.82) is 0 Å². The van der Waals surface area contributed by atoms with Gasteiger partial charge in [0.05, 0.1) is 5.02 Å². The monoisotopic (exact) mass is 330 g/mol. The molecule has 0 aromatic heterocycles. The molecule has 0 N–H and O–H groups in total. The minimum Gasteiger partial charge on any atom is -0.0876 e. The largest absolute Gasteiger partial charge is 0.0876 e. The molecule has 0 radical (unpaired) electrons. The van der Waals surface area contributed by atoms with Crippen molar-refractivity contribution in [3.05, 3.63) is 32.4 Å². The highest BCUT2D eigenvalue weighted by Gasteiger charge is 1.96. The van der Waals surface area contributed by atoms with Gasteiger partial charge in [-0.25, -0.2) is 0 Å². The summed E-state index contributed by atoms with van der Waals surface area (Å²) in [5.74, 6) is 0. The van der Waals surface area contributed by atoms with Gasteiger partial charge in [0, 0.05) is 8.90 Å². The lowest BCUT2D eigenvalue weighted by Gasteiger charge is -1.97. The fraction of sp³-hybridized carbons (Fsp3) is 0.143. The van der Waals surface area contributed by atoms with Crippen molar-refractivity contribution in [2.24, 2.45) is 0 Å². The molecule has 0 atom stereocenters. The van der Waals surface area contributed by atoms with Crippen molar-refractivity contribution in [2.45, 2.75) is 5.33 Å². The Morgan fingerprint density at radius 2 is 2.20 bits per heavy atom. The Balaban J connectivity index is 3.04. The van der Waals surface area contributed by atoms with E-state index in [1.807, 2.05) is 12.1 Å². The summed E-state index contributed by atoms with van der Waals surface area (Å²) in [5, 5.41) is 1.71. The average molecular weight is 331 g/mol. The van der Waals surface area contributed by atoms with Crippen LogP contribution in [0.4, 0.5) is 0 Å². The minimum atomic E-state index is 0.824. The van der Waals surface area contributed by atoms with E-state index in [0.29, 0.717) is 0 Å². The highest BCUT2D eigenvalue weighted by Crippen LogP contribution is 2.20. The van der Waals surface area contributed by atoms with Crippen LogP contribution in [0.25, 0.3) is 0 Å². The smallest absolute Gasteiger partial charge is 0.0539 e. The van der Waals surface area contributed by atoms with Gasteiger partial charge in [0.15, 0.2) is 0 Å². The summed E-state index contributed by atoms with van der Waals surface area (Å²) < 4.78 is 1.11. The number of hydrogen-bond acceptors (Lipinski definition) is 0. The summed E-state index contributed by atoms with van der Waals surface area (Å²) in [6.45, 7) is 0. The van der Waals surface area contributed by atoms with Crippen LogP contribution in [0.3, 0.4) is 0 Å². The fourth-order valence-electron chi connectivity index (χ4n) is 0.623. The first-order chi connectivity index (χ1) is 4.74. The van der Waals surface area contributed by atoms with Gasteiger partial charge in [0.25, 0.3) is 0 Å². The predicted octanol–water partition coefficient (Wildman–Crippen LogP) is 3.84. The highest BCUT2D eigenvalue weighted by molar-refractivity contribution is 14.1. The maximum absolute atomic E-state index is 5.81. The van der Waals surface area contributed by atoms with Crippen molar-refractivity contribution >= 4 is 50.1 Å². The Bertz CT molecular complexity index is 237. The SMILES string of the molecule is Clc1ccc(CBr)cc1I. The first-order valence-electron chi connectivity index (χ1n) is 2.74. The molecule has 54 valence electrons. The Morgan fingerprint density at radius 1 is 1.50 bits per heavy atom. The molecule has 10 heavy (non-hydrogen) atoms. The lowest BCUT2D eigenvalue weighted by atomic mass is 10.2. The molecule has 0 aliphatic carbocycles. The van der Waals surface area contributed by atoms with Crippen LogP contribution in [-0.2, 0) is 5.33 Å². The zero-order valence-corrected chi connectivity index (χ0v) is 9.57. The number of halogens is 3. The predicted molar refractivity (Wildman–Crippen MR) is 56.8 cm³/mol. The van der Waals surface area contributed by atoms with Crippen LogP contribution < -0.4 is 0 Å². The van der Waals surface area contributed by atoms with Crippen molar-refractivity contribution in [1.82, 2.24) is 0 Å². The molecule has 0 aliphatic heterocycles. The lowest BCUT2D eigenvalue weighted by molar-refractivity contribution is 1.42. The topological polar surface area (TPSA) is 0 Å². The maximum Gasteiger partial charge on any atom is 0.0539 e. The van der Waals surface area contributed by atoms with Gasteiger partial charge in [-0.2, -0.15) is 0 Å². The van der Waals surface area contributed by atoms with E-state index < -0.39 is 0 Å². The lowest BCUT2D eigenvalue weighted by Crippen LogP contribution is -1.79. The van der Waals surface area contributed by atoms with E-state index >= 15 is 0 Å². The zero-order chi connectivity index (χ0) is 7.56. The second-order valence-electron chi connectivity index (χ2n) is 1.88. The van der Waals surface area contributed by atoms with Gasteiger partial charge in [0.2, 0.25) is 0 Å². The van der Waals surface area contributed by atoms with Gasteiger partial charge < -0.3 is 0 Å². The van der Waals surface area contributed by atoms with E-state index in [4.69, 9.17) is 11.6 Å². The molecule has 0 unspecified atom stereocenters. The Kier molecular flexibility index (Phi) is 3.46. The van der Waals surface area contributed by atoms with E-state index in [2.05, 4.69) is 44.6 Å². The molecule has 3 heteroatoms. The molecule has 1 aromatic carbocycles. The third-order valence-corrected chi connectivity index (χ3v) is 3.33. The van der Waals surface area contributed by atoms with Crippen LogP contribution >= 0.6 is 50.1 Å². The van der Waals surface area contributed by atoms with E-state index in [0.717, 1.165) is 13.9 Å². The minimum absolute atomic E-state index is 0.824. The summed E-state index contributed by atoms with van der Waals surface area (Å²) in [6.07, 6.45) is 0. The third-order valence-electron chi connectivity index (χ3n) is 1.14. The second-order valence-corrected chi connectivity index (χ2v) is 4.01. The fourth-order valence-corrected chi connectivity index (χ4v) is 1.67. The van der Waals surface area contributed by atoms with Crippen molar-refractivity contribution in [3.8, 4) is 0 Å². The number of benzene rings is 1. The molecular weight excluding hydrogens is 326 g/mol. The molecule has 0 saturated heterocycles. The van der Waals surface area contributed by atoms with Gasteiger partial charge in [-0.1, -0.05) is 33.6 Å². The summed E-state index contributed by atoms with van der Waals surface area (Å²) in [4.78, 5) is 0. The molecule has 1 rings (SSSR count). The van der Waals surface area contributed by atoms with E-state index in [1.54, 1.807) is 0 Å². The number of hydrogen-bond donors (Lipinski definition) is 0. The normalized spacial score (nSPS) is 9.90. The summed E-state index contributed by atoms with van der Waals surface area (Å²) in [6, 6.07) is 6.00. The molecule has 0 nitrogen and oxygen atoms in total. The molecule has 0 saturated carbocycles. The van der Waals surface area contributed by atoms with Crippen LogP contribution in [-0.4, -0.2) is 0 Å². The van der Waals surface area contributed by atoms with Crippen molar-refractivity contribution < 1.29 is 0 Å². The van der Waals surface area contributed by atoms with Crippen LogP contribution in [0.2, 0.25) is 5.02 Å². The quantitative estimate of drug-likeness (QED) is 0.542. The Labute approximate surface area is 87.2 Å². The highest BCUT2D eigenvalue weighted by atomic mass is 127. The first kappa shape index (κ1) is 8.81. The molecule has 0 spiro atoms. The van der Waals surface area contributed by atoms with Gasteiger partial charge in [-0.15, -0.1) is 0 Å². The maximum atomic E-state index is 5.81. The van der Waals surface area contributed by atoms with E-state index in [-0.39, 0.29) is 0 Å². The summed E-state index contributed by atoms with van der Waals surface area (Å²) in [5.41, 5.74) is 1.26. The van der Waals surface area contributed by atoms with Gasteiger partial charge in [-0.05, 0) is 40.3 Å².